The Morgan fingerprint density at radius 3 is 2.87 bits per heavy atom. The molecule has 0 heterocycles. The molecule has 1 N–H and O–H groups in total. The molecular formula is C13H20OS. The summed E-state index contributed by atoms with van der Waals surface area (Å²) in [5.41, 5.74) is 2.51. The zero-order chi connectivity index (χ0) is 11.1. The lowest BCUT2D eigenvalue weighted by molar-refractivity contribution is 0.172. The fourth-order valence-corrected chi connectivity index (χ4v) is 2.30. The summed E-state index contributed by atoms with van der Waals surface area (Å²) >= 11 is 1.89. The molecule has 0 aliphatic rings. The van der Waals surface area contributed by atoms with E-state index in [1.807, 2.05) is 11.8 Å². The van der Waals surface area contributed by atoms with Crippen LogP contribution in [0.25, 0.3) is 0 Å². The van der Waals surface area contributed by atoms with Gasteiger partial charge in [-0.3, -0.25) is 0 Å². The van der Waals surface area contributed by atoms with Crippen molar-refractivity contribution in [1.29, 1.82) is 0 Å². The first-order valence-electron chi connectivity index (χ1n) is 5.53. The van der Waals surface area contributed by atoms with Gasteiger partial charge < -0.3 is 5.11 Å². The number of thioether (sulfide) groups is 1. The standard InChI is InChI=1S/C13H20OS/c1-3-15-8-7-13(14)10-12-6-4-5-11(2)9-12/h4-6,9,13-14H,3,7-8,10H2,1-2H3. The molecule has 0 saturated heterocycles. The molecule has 0 bridgehead atoms. The number of aliphatic hydroxyl groups is 1. The Labute approximate surface area is 96.9 Å². The fraction of sp³-hybridized carbons (Fsp3) is 0.538. The first-order valence-corrected chi connectivity index (χ1v) is 6.69. The van der Waals surface area contributed by atoms with Gasteiger partial charge in [0.1, 0.15) is 0 Å². The highest BCUT2D eigenvalue weighted by atomic mass is 32.2. The molecule has 1 atom stereocenters. The Balaban J connectivity index is 2.34. The van der Waals surface area contributed by atoms with Gasteiger partial charge in [-0.25, -0.2) is 0 Å². The largest absolute Gasteiger partial charge is 0.393 e. The Kier molecular flexibility index (Phi) is 5.81. The van der Waals surface area contributed by atoms with Gasteiger partial charge in [0, 0.05) is 0 Å². The molecule has 0 saturated carbocycles. The van der Waals surface area contributed by atoms with E-state index in [1.54, 1.807) is 0 Å². The van der Waals surface area contributed by atoms with Crippen molar-refractivity contribution >= 4 is 11.8 Å². The van der Waals surface area contributed by atoms with E-state index in [4.69, 9.17) is 0 Å². The van der Waals surface area contributed by atoms with Crippen LogP contribution in [0.3, 0.4) is 0 Å². The van der Waals surface area contributed by atoms with E-state index in [2.05, 4.69) is 38.1 Å². The van der Waals surface area contributed by atoms with Gasteiger partial charge in [0.15, 0.2) is 0 Å². The second-order valence-electron chi connectivity index (χ2n) is 3.83. The lowest BCUT2D eigenvalue weighted by Crippen LogP contribution is -2.11. The van der Waals surface area contributed by atoms with E-state index < -0.39 is 0 Å². The second kappa shape index (κ2) is 6.91. The molecule has 0 spiro atoms. The number of aliphatic hydroxyl groups excluding tert-OH is 1. The van der Waals surface area contributed by atoms with Gasteiger partial charge in [0.05, 0.1) is 6.10 Å². The molecule has 0 aliphatic carbocycles. The summed E-state index contributed by atoms with van der Waals surface area (Å²) in [5, 5.41) is 9.81. The maximum Gasteiger partial charge on any atom is 0.0588 e. The van der Waals surface area contributed by atoms with Crippen molar-refractivity contribution in [3.63, 3.8) is 0 Å². The first kappa shape index (κ1) is 12.6. The van der Waals surface area contributed by atoms with E-state index in [-0.39, 0.29) is 6.10 Å². The Hall–Kier alpha value is -0.470. The molecule has 1 nitrogen and oxygen atoms in total. The van der Waals surface area contributed by atoms with Crippen LogP contribution < -0.4 is 0 Å². The molecule has 1 aromatic carbocycles. The van der Waals surface area contributed by atoms with Gasteiger partial charge in [-0.05, 0) is 36.8 Å². The van der Waals surface area contributed by atoms with Gasteiger partial charge in [-0.2, -0.15) is 11.8 Å². The van der Waals surface area contributed by atoms with Crippen LogP contribution in [0.15, 0.2) is 24.3 Å². The van der Waals surface area contributed by atoms with Crippen molar-refractivity contribution < 1.29 is 5.11 Å². The van der Waals surface area contributed by atoms with Crippen LogP contribution in [0.1, 0.15) is 24.5 Å². The number of benzene rings is 1. The Morgan fingerprint density at radius 2 is 2.20 bits per heavy atom. The molecule has 0 aromatic heterocycles. The van der Waals surface area contributed by atoms with Crippen LogP contribution in [0, 0.1) is 6.92 Å². The lowest BCUT2D eigenvalue weighted by atomic mass is 10.0. The lowest BCUT2D eigenvalue weighted by Gasteiger charge is -2.10. The first-order chi connectivity index (χ1) is 7.22. The van der Waals surface area contributed by atoms with Gasteiger partial charge in [0.2, 0.25) is 0 Å². The van der Waals surface area contributed by atoms with E-state index in [0.29, 0.717) is 0 Å². The van der Waals surface area contributed by atoms with Crippen LogP contribution >= 0.6 is 11.8 Å². The van der Waals surface area contributed by atoms with Gasteiger partial charge >= 0.3 is 0 Å². The van der Waals surface area contributed by atoms with E-state index in [9.17, 15) is 5.11 Å². The molecule has 84 valence electrons. The molecular weight excluding hydrogens is 204 g/mol. The van der Waals surface area contributed by atoms with Crippen LogP contribution in [0.2, 0.25) is 0 Å². The number of hydrogen-bond donors (Lipinski definition) is 1. The molecule has 0 amide bonds. The van der Waals surface area contributed by atoms with Gasteiger partial charge in [0.25, 0.3) is 0 Å². The zero-order valence-electron chi connectivity index (χ0n) is 9.57. The van der Waals surface area contributed by atoms with Crippen molar-refractivity contribution in [1.82, 2.24) is 0 Å². The predicted molar refractivity (Wildman–Crippen MR) is 68.5 cm³/mol. The molecule has 0 aliphatic heterocycles. The van der Waals surface area contributed by atoms with Crippen LogP contribution in [-0.2, 0) is 6.42 Å². The predicted octanol–water partition coefficient (Wildman–Crippen LogP) is 3.04. The summed E-state index contributed by atoms with van der Waals surface area (Å²) < 4.78 is 0. The van der Waals surface area contributed by atoms with Crippen molar-refractivity contribution in [3.8, 4) is 0 Å². The Morgan fingerprint density at radius 1 is 1.40 bits per heavy atom. The average Bonchev–Trinajstić information content (AvgIpc) is 2.18. The third kappa shape index (κ3) is 5.24. The smallest absolute Gasteiger partial charge is 0.0588 e. The summed E-state index contributed by atoms with van der Waals surface area (Å²) in [4.78, 5) is 0. The molecule has 1 aromatic rings. The summed E-state index contributed by atoms with van der Waals surface area (Å²) in [5.74, 6) is 2.20. The average molecular weight is 224 g/mol. The monoisotopic (exact) mass is 224 g/mol. The van der Waals surface area contributed by atoms with Crippen molar-refractivity contribution in [3.05, 3.63) is 35.4 Å². The highest BCUT2D eigenvalue weighted by Crippen LogP contribution is 2.11. The molecule has 15 heavy (non-hydrogen) atoms. The summed E-state index contributed by atoms with van der Waals surface area (Å²) in [6.45, 7) is 4.24. The van der Waals surface area contributed by atoms with E-state index >= 15 is 0 Å². The summed E-state index contributed by atoms with van der Waals surface area (Å²) in [6.07, 6.45) is 1.49. The second-order valence-corrected chi connectivity index (χ2v) is 5.23. The van der Waals surface area contributed by atoms with Crippen molar-refractivity contribution in [2.75, 3.05) is 11.5 Å². The molecule has 2 heteroatoms. The third-order valence-corrected chi connectivity index (χ3v) is 3.29. The third-order valence-electron chi connectivity index (χ3n) is 2.35. The number of aryl methyl sites for hydroxylation is 1. The summed E-state index contributed by atoms with van der Waals surface area (Å²) in [7, 11) is 0. The van der Waals surface area contributed by atoms with Gasteiger partial charge in [-0.1, -0.05) is 36.8 Å². The van der Waals surface area contributed by atoms with Crippen molar-refractivity contribution in [2.24, 2.45) is 0 Å². The van der Waals surface area contributed by atoms with E-state index in [0.717, 1.165) is 24.3 Å². The molecule has 0 fully saturated rings. The maximum absolute atomic E-state index is 9.81. The van der Waals surface area contributed by atoms with E-state index in [1.165, 1.54) is 11.1 Å². The number of hydrogen-bond acceptors (Lipinski definition) is 2. The highest BCUT2D eigenvalue weighted by molar-refractivity contribution is 7.99. The topological polar surface area (TPSA) is 20.2 Å². The van der Waals surface area contributed by atoms with Crippen molar-refractivity contribution in [2.45, 2.75) is 32.8 Å². The van der Waals surface area contributed by atoms with Crippen LogP contribution in [0.5, 0.6) is 0 Å². The summed E-state index contributed by atoms with van der Waals surface area (Å²) in [6, 6.07) is 8.38. The van der Waals surface area contributed by atoms with Crippen LogP contribution in [-0.4, -0.2) is 22.7 Å². The van der Waals surface area contributed by atoms with Crippen LogP contribution in [0.4, 0.5) is 0 Å². The molecule has 0 radical (unpaired) electrons. The minimum absolute atomic E-state index is 0.189. The minimum Gasteiger partial charge on any atom is -0.393 e. The normalized spacial score (nSPS) is 12.7. The minimum atomic E-state index is -0.189. The van der Waals surface area contributed by atoms with Gasteiger partial charge in [-0.15, -0.1) is 0 Å². The number of rotatable bonds is 6. The maximum atomic E-state index is 9.81. The fourth-order valence-electron chi connectivity index (χ4n) is 1.58. The SMILES string of the molecule is CCSCCC(O)Cc1cccc(C)c1. The zero-order valence-corrected chi connectivity index (χ0v) is 10.4. The molecule has 1 rings (SSSR count). The Bertz CT molecular complexity index is 286. The molecule has 1 unspecified atom stereocenters. The quantitative estimate of drug-likeness (QED) is 0.749. The highest BCUT2D eigenvalue weighted by Gasteiger charge is 2.05.